The maximum Gasteiger partial charge on any atom is 0.244 e. The first-order valence-corrected chi connectivity index (χ1v) is 8.20. The average molecular weight is 346 g/mol. The number of rotatable bonds is 4. The van der Waals surface area contributed by atoms with E-state index < -0.39 is 10.0 Å². The van der Waals surface area contributed by atoms with E-state index in [0.29, 0.717) is 5.69 Å². The Labute approximate surface area is 133 Å². The largest absolute Gasteiger partial charge is 0.398 e. The quantitative estimate of drug-likeness (QED) is 0.834. The minimum absolute atomic E-state index is 0.00259. The van der Waals surface area contributed by atoms with Gasteiger partial charge in [-0.15, -0.1) is 0 Å². The van der Waals surface area contributed by atoms with Gasteiger partial charge in [-0.1, -0.05) is 29.3 Å². The first-order valence-electron chi connectivity index (χ1n) is 5.96. The SMILES string of the molecule is Cc1cccc(CNS(=O)(=O)c2c(N)cc(Cl)cc2Cl)n1. The van der Waals surface area contributed by atoms with E-state index in [4.69, 9.17) is 28.9 Å². The summed E-state index contributed by atoms with van der Waals surface area (Å²) >= 11 is 11.7. The number of sulfonamides is 1. The van der Waals surface area contributed by atoms with Gasteiger partial charge in [-0.05, 0) is 31.2 Å². The van der Waals surface area contributed by atoms with Gasteiger partial charge in [0.25, 0.3) is 0 Å². The van der Waals surface area contributed by atoms with Crippen molar-refractivity contribution in [2.45, 2.75) is 18.4 Å². The molecule has 0 saturated heterocycles. The van der Waals surface area contributed by atoms with Crippen molar-refractivity contribution >= 4 is 38.9 Å². The molecule has 0 fully saturated rings. The maximum absolute atomic E-state index is 12.3. The fraction of sp³-hybridized carbons (Fsp3) is 0.154. The highest BCUT2D eigenvalue weighted by atomic mass is 35.5. The summed E-state index contributed by atoms with van der Waals surface area (Å²) in [7, 11) is -3.86. The molecule has 0 aliphatic carbocycles. The molecule has 0 unspecified atom stereocenters. The molecule has 0 radical (unpaired) electrons. The van der Waals surface area contributed by atoms with Gasteiger partial charge in [-0.2, -0.15) is 0 Å². The van der Waals surface area contributed by atoms with Gasteiger partial charge >= 0.3 is 0 Å². The van der Waals surface area contributed by atoms with E-state index in [1.54, 1.807) is 12.1 Å². The highest BCUT2D eigenvalue weighted by Crippen LogP contribution is 2.30. The van der Waals surface area contributed by atoms with Crippen molar-refractivity contribution in [1.82, 2.24) is 9.71 Å². The predicted molar refractivity (Wildman–Crippen MR) is 83.9 cm³/mol. The van der Waals surface area contributed by atoms with E-state index >= 15 is 0 Å². The van der Waals surface area contributed by atoms with Crippen LogP contribution >= 0.6 is 23.2 Å². The molecule has 0 atom stereocenters. The third kappa shape index (κ3) is 3.85. The molecule has 1 aromatic carbocycles. The van der Waals surface area contributed by atoms with E-state index in [-0.39, 0.29) is 27.2 Å². The number of aryl methyl sites for hydroxylation is 1. The van der Waals surface area contributed by atoms with Gasteiger partial charge in [0.2, 0.25) is 10.0 Å². The van der Waals surface area contributed by atoms with Crippen molar-refractivity contribution in [2.75, 3.05) is 5.73 Å². The normalized spacial score (nSPS) is 11.6. The number of nitrogens with one attached hydrogen (secondary N) is 1. The second-order valence-electron chi connectivity index (χ2n) is 4.40. The van der Waals surface area contributed by atoms with Crippen molar-refractivity contribution in [3.63, 3.8) is 0 Å². The van der Waals surface area contributed by atoms with Gasteiger partial charge < -0.3 is 5.73 Å². The summed E-state index contributed by atoms with van der Waals surface area (Å²) < 4.78 is 27.0. The van der Waals surface area contributed by atoms with E-state index in [1.165, 1.54) is 12.1 Å². The molecule has 1 heterocycles. The fourth-order valence-corrected chi connectivity index (χ4v) is 3.78. The van der Waals surface area contributed by atoms with Crippen molar-refractivity contribution in [1.29, 1.82) is 0 Å². The lowest BCUT2D eigenvalue weighted by molar-refractivity contribution is 0.581. The molecule has 0 amide bonds. The van der Waals surface area contributed by atoms with Crippen LogP contribution in [0.3, 0.4) is 0 Å². The van der Waals surface area contributed by atoms with Gasteiger partial charge in [0.1, 0.15) is 4.90 Å². The van der Waals surface area contributed by atoms with Crippen LogP contribution in [0, 0.1) is 6.92 Å². The Bertz CT molecular complexity index is 756. The summed E-state index contributed by atoms with van der Waals surface area (Å²) in [5.41, 5.74) is 7.10. The summed E-state index contributed by atoms with van der Waals surface area (Å²) in [5, 5.41) is 0.251. The van der Waals surface area contributed by atoms with Crippen molar-refractivity contribution in [3.05, 3.63) is 51.8 Å². The number of anilines is 1. The zero-order chi connectivity index (χ0) is 15.6. The second kappa shape index (κ2) is 6.19. The number of halogens is 2. The monoisotopic (exact) mass is 345 g/mol. The lowest BCUT2D eigenvalue weighted by atomic mass is 10.3. The van der Waals surface area contributed by atoms with Crippen LogP contribution in [0.25, 0.3) is 0 Å². The smallest absolute Gasteiger partial charge is 0.244 e. The number of nitrogens with zero attached hydrogens (tertiary/aromatic N) is 1. The summed E-state index contributed by atoms with van der Waals surface area (Å²) in [6.07, 6.45) is 0. The highest BCUT2D eigenvalue weighted by molar-refractivity contribution is 7.89. The fourth-order valence-electron chi connectivity index (χ4n) is 1.80. The zero-order valence-electron chi connectivity index (χ0n) is 11.1. The molecule has 112 valence electrons. The zero-order valence-corrected chi connectivity index (χ0v) is 13.4. The van der Waals surface area contributed by atoms with Gasteiger partial charge in [0.15, 0.2) is 0 Å². The standard InChI is InChI=1S/C13H13Cl2N3O2S/c1-8-3-2-4-10(18-8)7-17-21(19,20)13-11(15)5-9(14)6-12(13)16/h2-6,17H,7,16H2,1H3. The first-order chi connectivity index (χ1) is 9.79. The average Bonchev–Trinajstić information content (AvgIpc) is 2.35. The molecule has 0 bridgehead atoms. The molecule has 0 aliphatic heterocycles. The number of nitrogen functional groups attached to an aromatic ring is 1. The maximum atomic E-state index is 12.3. The number of pyridine rings is 1. The van der Waals surface area contributed by atoms with Crippen LogP contribution in [0.15, 0.2) is 35.2 Å². The Balaban J connectivity index is 2.27. The van der Waals surface area contributed by atoms with E-state index in [1.807, 2.05) is 13.0 Å². The summed E-state index contributed by atoms with van der Waals surface area (Å²) in [6.45, 7) is 1.87. The van der Waals surface area contributed by atoms with Crippen LogP contribution in [-0.4, -0.2) is 13.4 Å². The molecule has 8 heteroatoms. The topological polar surface area (TPSA) is 85.1 Å². The minimum Gasteiger partial charge on any atom is -0.398 e. The second-order valence-corrected chi connectivity index (χ2v) is 6.95. The summed E-state index contributed by atoms with van der Waals surface area (Å²) in [5.74, 6) is 0. The van der Waals surface area contributed by atoms with Crippen molar-refractivity contribution < 1.29 is 8.42 Å². The Kier molecular flexibility index (Phi) is 4.73. The molecule has 3 N–H and O–H groups in total. The molecule has 0 aliphatic rings. The van der Waals surface area contributed by atoms with E-state index in [2.05, 4.69) is 9.71 Å². The Morgan fingerprint density at radius 2 is 2.00 bits per heavy atom. The third-order valence-corrected chi connectivity index (χ3v) is 4.84. The van der Waals surface area contributed by atoms with Crippen LogP contribution in [0.1, 0.15) is 11.4 Å². The lowest BCUT2D eigenvalue weighted by Crippen LogP contribution is -2.25. The van der Waals surface area contributed by atoms with Gasteiger partial charge in [0, 0.05) is 10.7 Å². The molecule has 2 aromatic rings. The van der Waals surface area contributed by atoms with Gasteiger partial charge in [0.05, 0.1) is 22.9 Å². The first kappa shape index (κ1) is 16.0. The molecular weight excluding hydrogens is 333 g/mol. The number of nitrogens with two attached hydrogens (primary N) is 1. The molecule has 5 nitrogen and oxygen atoms in total. The lowest BCUT2D eigenvalue weighted by Gasteiger charge is -2.11. The van der Waals surface area contributed by atoms with Crippen molar-refractivity contribution in [3.8, 4) is 0 Å². The molecule has 21 heavy (non-hydrogen) atoms. The van der Waals surface area contributed by atoms with Gasteiger partial charge in [-0.25, -0.2) is 13.1 Å². The minimum atomic E-state index is -3.86. The molecular formula is C13H13Cl2N3O2S. The van der Waals surface area contributed by atoms with Crippen LogP contribution in [0.2, 0.25) is 10.0 Å². The highest BCUT2D eigenvalue weighted by Gasteiger charge is 2.21. The molecule has 2 rings (SSSR count). The van der Waals surface area contributed by atoms with Gasteiger partial charge in [-0.3, -0.25) is 4.98 Å². The Morgan fingerprint density at radius 3 is 2.62 bits per heavy atom. The Morgan fingerprint density at radius 1 is 1.29 bits per heavy atom. The summed E-state index contributed by atoms with van der Waals surface area (Å²) in [6, 6.07) is 8.02. The van der Waals surface area contributed by atoms with Crippen LogP contribution in [0.5, 0.6) is 0 Å². The van der Waals surface area contributed by atoms with E-state index in [0.717, 1.165) is 5.69 Å². The third-order valence-electron chi connectivity index (χ3n) is 2.70. The number of hydrogen-bond acceptors (Lipinski definition) is 4. The molecule has 0 saturated carbocycles. The number of aromatic nitrogens is 1. The summed E-state index contributed by atoms with van der Waals surface area (Å²) in [4.78, 5) is 4.04. The molecule has 1 aromatic heterocycles. The van der Waals surface area contributed by atoms with Crippen LogP contribution in [-0.2, 0) is 16.6 Å². The number of hydrogen-bond donors (Lipinski definition) is 2. The van der Waals surface area contributed by atoms with Crippen LogP contribution < -0.4 is 10.5 Å². The van der Waals surface area contributed by atoms with Crippen LogP contribution in [0.4, 0.5) is 5.69 Å². The molecule has 0 spiro atoms. The van der Waals surface area contributed by atoms with Crippen molar-refractivity contribution in [2.24, 2.45) is 0 Å². The Hall–Kier alpha value is -1.34. The van der Waals surface area contributed by atoms with E-state index in [9.17, 15) is 8.42 Å². The predicted octanol–water partition coefficient (Wildman–Crippen LogP) is 2.76. The number of benzene rings is 1.